The number of alkyl halides is 3. The first kappa shape index (κ1) is 13.5. The van der Waals surface area contributed by atoms with Crippen LogP contribution in [0.4, 0.5) is 13.2 Å². The van der Waals surface area contributed by atoms with Crippen LogP contribution in [0.3, 0.4) is 0 Å². The van der Waals surface area contributed by atoms with Gasteiger partial charge in [-0.05, 0) is 6.92 Å². The maximum absolute atomic E-state index is 12.1. The Morgan fingerprint density at radius 3 is 2.43 bits per heavy atom. The molecular weight excluding hydrogens is 223 g/mol. The van der Waals surface area contributed by atoms with Crippen molar-refractivity contribution < 1.29 is 40.8 Å². The Kier molecular flexibility index (Phi) is 3.80. The second-order valence-electron chi connectivity index (χ2n) is 3.17. The molecule has 1 fully saturated rings. The second-order valence-corrected chi connectivity index (χ2v) is 3.17. The Bertz CT molecular complexity index is 233. The van der Waals surface area contributed by atoms with Crippen LogP contribution < -0.4 is 18.1 Å². The van der Waals surface area contributed by atoms with Crippen LogP contribution in [0.15, 0.2) is 0 Å². The van der Waals surface area contributed by atoms with Crippen LogP contribution in [0, 0.1) is 5.92 Å². The zero-order valence-electron chi connectivity index (χ0n) is 7.53. The molecule has 0 bridgehead atoms. The summed E-state index contributed by atoms with van der Waals surface area (Å²) in [5, 5.41) is 0. The highest BCUT2D eigenvalue weighted by atomic mass is 35.5. The van der Waals surface area contributed by atoms with Gasteiger partial charge >= 0.3 is 12.1 Å². The van der Waals surface area contributed by atoms with E-state index in [1.54, 1.807) is 6.92 Å². The minimum atomic E-state index is -4.34. The van der Waals surface area contributed by atoms with Gasteiger partial charge < -0.3 is 22.9 Å². The molecule has 0 aliphatic heterocycles. The van der Waals surface area contributed by atoms with E-state index in [1.165, 1.54) is 0 Å². The molecule has 0 heterocycles. The lowest BCUT2D eigenvalue weighted by Gasteiger charge is -2.09. The van der Waals surface area contributed by atoms with Gasteiger partial charge in [0.25, 0.3) is 0 Å². The number of ether oxygens (including phenoxy) is 1. The molecule has 84 valence electrons. The summed E-state index contributed by atoms with van der Waals surface area (Å²) in [5.74, 6) is -2.48. The molecule has 0 spiro atoms. The molecule has 0 amide bonds. The molecule has 0 aromatic carbocycles. The van der Waals surface area contributed by atoms with Crippen LogP contribution >= 0.6 is 0 Å². The molecule has 14 heavy (non-hydrogen) atoms. The average molecular weight is 234 g/mol. The van der Waals surface area contributed by atoms with Gasteiger partial charge in [-0.25, -0.2) is 4.79 Å². The van der Waals surface area contributed by atoms with Gasteiger partial charge in [-0.3, -0.25) is 0 Å². The van der Waals surface area contributed by atoms with Crippen LogP contribution in [0.2, 0.25) is 0 Å². The van der Waals surface area contributed by atoms with Crippen molar-refractivity contribution in [1.29, 1.82) is 0 Å². The van der Waals surface area contributed by atoms with E-state index in [2.05, 4.69) is 10.5 Å². The molecule has 2 atom stereocenters. The molecule has 7 heteroatoms. The quantitative estimate of drug-likeness (QED) is 0.521. The lowest BCUT2D eigenvalue weighted by atomic mass is 10.2. The lowest BCUT2D eigenvalue weighted by molar-refractivity contribution is -0.437. The third kappa shape index (κ3) is 2.30. The minimum Gasteiger partial charge on any atom is -1.00 e. The highest BCUT2D eigenvalue weighted by Gasteiger charge is 2.74. The number of hydrogen-bond acceptors (Lipinski definition) is 2. The van der Waals surface area contributed by atoms with E-state index < -0.39 is 23.6 Å². The number of hydrogen-bond donors (Lipinski definition) is 1. The van der Waals surface area contributed by atoms with Gasteiger partial charge in [0, 0.05) is 6.42 Å². The van der Waals surface area contributed by atoms with E-state index in [1.807, 2.05) is 0 Å². The number of rotatable bonds is 2. The van der Waals surface area contributed by atoms with E-state index >= 15 is 0 Å². The molecule has 3 nitrogen and oxygen atoms in total. The van der Waals surface area contributed by atoms with Crippen LogP contribution in [-0.2, 0) is 9.53 Å². The molecule has 0 saturated heterocycles. The van der Waals surface area contributed by atoms with Gasteiger partial charge in [0.15, 0.2) is 0 Å². The minimum absolute atomic E-state index is 0. The summed E-state index contributed by atoms with van der Waals surface area (Å²) in [4.78, 5) is 11.0. The summed E-state index contributed by atoms with van der Waals surface area (Å²) in [6, 6.07) is 0. The van der Waals surface area contributed by atoms with Crippen LogP contribution in [-0.4, -0.2) is 24.3 Å². The fraction of sp³-hybridized carbons (Fsp3) is 0.857. The Hall–Kier alpha value is -0.490. The largest absolute Gasteiger partial charge is 1.00 e. The fourth-order valence-corrected chi connectivity index (χ4v) is 1.23. The van der Waals surface area contributed by atoms with Crippen molar-refractivity contribution >= 4 is 5.97 Å². The molecule has 0 aromatic rings. The number of quaternary nitrogens is 1. The third-order valence-corrected chi connectivity index (χ3v) is 2.15. The molecule has 1 aliphatic carbocycles. The highest BCUT2D eigenvalue weighted by Crippen LogP contribution is 2.50. The molecule has 0 radical (unpaired) electrons. The summed E-state index contributed by atoms with van der Waals surface area (Å²) < 4.78 is 40.8. The number of esters is 1. The van der Waals surface area contributed by atoms with Crippen molar-refractivity contribution in [3.63, 3.8) is 0 Å². The summed E-state index contributed by atoms with van der Waals surface area (Å²) in [5.41, 5.74) is 1.68. The first-order valence-electron chi connectivity index (χ1n) is 3.91. The van der Waals surface area contributed by atoms with Gasteiger partial charge in [0.05, 0.1) is 6.61 Å². The maximum atomic E-state index is 12.1. The predicted octanol–water partition coefficient (Wildman–Crippen LogP) is -2.88. The van der Waals surface area contributed by atoms with E-state index in [0.717, 1.165) is 0 Å². The Labute approximate surface area is 85.2 Å². The Morgan fingerprint density at radius 2 is 2.14 bits per heavy atom. The van der Waals surface area contributed by atoms with Gasteiger partial charge in [0.2, 0.25) is 5.54 Å². The van der Waals surface area contributed by atoms with E-state index in [0.29, 0.717) is 0 Å². The Balaban J connectivity index is 0.00000169. The highest BCUT2D eigenvalue weighted by molar-refractivity contribution is 5.83. The van der Waals surface area contributed by atoms with Gasteiger partial charge in [-0.1, -0.05) is 0 Å². The van der Waals surface area contributed by atoms with Crippen molar-refractivity contribution in [2.75, 3.05) is 6.61 Å². The molecule has 0 aromatic heterocycles. The van der Waals surface area contributed by atoms with Gasteiger partial charge in [0.1, 0.15) is 5.92 Å². The number of halogens is 4. The maximum Gasteiger partial charge on any atom is 0.398 e. The molecule has 1 saturated carbocycles. The second kappa shape index (κ2) is 3.94. The summed E-state index contributed by atoms with van der Waals surface area (Å²) in [6.07, 6.45) is -4.59. The van der Waals surface area contributed by atoms with Crippen molar-refractivity contribution in [3.8, 4) is 0 Å². The third-order valence-electron chi connectivity index (χ3n) is 2.15. The fourth-order valence-electron chi connectivity index (χ4n) is 1.23. The van der Waals surface area contributed by atoms with Gasteiger partial charge in [-0.2, -0.15) is 13.2 Å². The zero-order chi connectivity index (χ0) is 10.3. The molecule has 0 unspecified atom stereocenters. The van der Waals surface area contributed by atoms with Crippen molar-refractivity contribution in [3.05, 3.63) is 0 Å². The average Bonchev–Trinajstić information content (AvgIpc) is 2.63. The molecule has 1 rings (SSSR count). The first-order valence-corrected chi connectivity index (χ1v) is 3.91. The molecule has 1 aliphatic rings. The summed E-state index contributed by atoms with van der Waals surface area (Å²) in [7, 11) is 0. The van der Waals surface area contributed by atoms with Gasteiger partial charge in [-0.15, -0.1) is 0 Å². The standard InChI is InChI=1S/C7H10F3NO2.ClH/c1-2-13-5(12)6(11)3-4(6)7(8,9)10;/h4H,2-3,11H2,1H3;1H/t4-,6-;/m0./s1. The summed E-state index contributed by atoms with van der Waals surface area (Å²) in [6.45, 7) is 1.63. The van der Waals surface area contributed by atoms with Crippen molar-refractivity contribution in [1.82, 2.24) is 0 Å². The number of carbonyl (C=O) groups excluding carboxylic acids is 1. The van der Waals surface area contributed by atoms with Crippen LogP contribution in [0.5, 0.6) is 0 Å². The van der Waals surface area contributed by atoms with Crippen molar-refractivity contribution in [2.45, 2.75) is 25.1 Å². The van der Waals surface area contributed by atoms with E-state index in [-0.39, 0.29) is 25.4 Å². The zero-order valence-corrected chi connectivity index (χ0v) is 8.28. The monoisotopic (exact) mass is 233 g/mol. The smallest absolute Gasteiger partial charge is 0.398 e. The summed E-state index contributed by atoms with van der Waals surface area (Å²) >= 11 is 0. The van der Waals surface area contributed by atoms with Crippen LogP contribution in [0.1, 0.15) is 13.3 Å². The lowest BCUT2D eigenvalue weighted by Crippen LogP contribution is -3.00. The van der Waals surface area contributed by atoms with E-state index in [9.17, 15) is 18.0 Å². The topological polar surface area (TPSA) is 53.9 Å². The normalized spacial score (nSPS) is 30.5. The van der Waals surface area contributed by atoms with E-state index in [4.69, 9.17) is 0 Å². The SMILES string of the molecule is CCOC(=O)[C@]1([NH3+])C[C@@H]1C(F)(F)F.[Cl-]. The predicted molar refractivity (Wildman–Crippen MR) is 36.4 cm³/mol. The Morgan fingerprint density at radius 1 is 1.64 bits per heavy atom. The molecular formula is C7H11ClF3NO2. The first-order chi connectivity index (χ1) is 5.82. The molecule has 3 N–H and O–H groups in total. The number of carbonyl (C=O) groups is 1. The van der Waals surface area contributed by atoms with Crippen LogP contribution in [0.25, 0.3) is 0 Å². The van der Waals surface area contributed by atoms with Crippen molar-refractivity contribution in [2.24, 2.45) is 5.92 Å².